The van der Waals surface area contributed by atoms with Crippen molar-refractivity contribution in [3.63, 3.8) is 0 Å². The minimum Gasteiger partial charge on any atom is -0.462 e. The fourth-order valence-electron chi connectivity index (χ4n) is 3.45. The number of nitrogens with two attached hydrogens (primary N) is 2. The SMILES string of the molecule is C.CCOC(=O)c1csc(N)c1C(=O)OCC.CCOC(=O)c1csc2nc[nH]c(=O)c12.NC(=O)c1csc2nc[nH]c(=O)c12.[2HH]. The summed E-state index contributed by atoms with van der Waals surface area (Å²) in [4.78, 5) is 81.9. The molecular formula is C27H32N6O9S3. The number of aromatic nitrogens is 4. The van der Waals surface area contributed by atoms with E-state index in [1.165, 1.54) is 46.1 Å². The van der Waals surface area contributed by atoms with E-state index in [0.29, 0.717) is 15.0 Å². The van der Waals surface area contributed by atoms with Gasteiger partial charge in [-0.3, -0.25) is 14.4 Å². The highest BCUT2D eigenvalue weighted by molar-refractivity contribution is 7.17. The van der Waals surface area contributed by atoms with E-state index in [1.54, 1.807) is 26.2 Å². The number of nitrogens with zero attached hydrogens (tertiary/aromatic N) is 2. The van der Waals surface area contributed by atoms with Gasteiger partial charge in [-0.1, -0.05) is 7.43 Å². The van der Waals surface area contributed by atoms with Gasteiger partial charge < -0.3 is 35.6 Å². The quantitative estimate of drug-likeness (QED) is 0.142. The number of hydrogen-bond donors (Lipinski definition) is 4. The van der Waals surface area contributed by atoms with Crippen molar-refractivity contribution in [2.45, 2.75) is 28.2 Å². The van der Waals surface area contributed by atoms with E-state index in [0.717, 1.165) is 11.3 Å². The Morgan fingerprint density at radius 2 is 1.16 bits per heavy atom. The molecule has 5 heterocycles. The van der Waals surface area contributed by atoms with E-state index in [2.05, 4.69) is 19.9 Å². The van der Waals surface area contributed by atoms with Crippen molar-refractivity contribution in [1.29, 1.82) is 0 Å². The fourth-order valence-corrected chi connectivity index (χ4v) is 6.00. The van der Waals surface area contributed by atoms with Gasteiger partial charge in [-0.15, -0.1) is 34.0 Å². The highest BCUT2D eigenvalue weighted by Gasteiger charge is 2.24. The number of carbonyl (C=O) groups excluding carboxylic acids is 4. The zero-order chi connectivity index (χ0) is 32.4. The van der Waals surface area contributed by atoms with Crippen LogP contribution in [0.2, 0.25) is 0 Å². The molecule has 6 N–H and O–H groups in total. The lowest BCUT2D eigenvalue weighted by Crippen LogP contribution is -2.14. The first-order chi connectivity index (χ1) is 21.0. The largest absolute Gasteiger partial charge is 0.462 e. The molecule has 45 heavy (non-hydrogen) atoms. The zero-order valence-corrected chi connectivity index (χ0v) is 25.9. The number of carbonyl (C=O) groups is 4. The number of fused-ring (bicyclic) bond motifs is 2. The number of esters is 3. The standard InChI is InChI=1S/C10H13NO4S.C9H8N2O3S.C7H5N3O2S.CH4.H2/c1-3-14-9(12)6-5-16-8(11)7(6)10(13)15-4-2;1-2-14-9(13)5-3-15-8-6(5)7(12)10-4-11-8;8-5(11)3-1-13-7-4(3)6(12)9-2-10-7;;/h5H,3-4,11H2,1-2H3;3-4H,2H2,1H3,(H,10,11,12);1-2H,(H2,8,11)(H,9,10,12);1H4;1H/i;;;;1+1. The molecule has 15 nitrogen and oxygen atoms in total. The lowest BCUT2D eigenvalue weighted by Gasteiger charge is -2.04. The predicted molar refractivity (Wildman–Crippen MR) is 174 cm³/mol. The summed E-state index contributed by atoms with van der Waals surface area (Å²) < 4.78 is 14.5. The molecule has 1 amide bonds. The first-order valence-corrected chi connectivity index (χ1v) is 15.3. The molecule has 0 aliphatic heterocycles. The van der Waals surface area contributed by atoms with Gasteiger partial charge in [0.05, 0.1) is 59.9 Å². The van der Waals surface area contributed by atoms with Gasteiger partial charge >= 0.3 is 17.9 Å². The van der Waals surface area contributed by atoms with Gasteiger partial charge in [0.25, 0.3) is 11.1 Å². The molecule has 0 saturated heterocycles. The van der Waals surface area contributed by atoms with E-state index in [-0.39, 0.29) is 72.4 Å². The lowest BCUT2D eigenvalue weighted by atomic mass is 10.2. The molecule has 0 aliphatic rings. The van der Waals surface area contributed by atoms with Crippen LogP contribution in [0.25, 0.3) is 20.4 Å². The smallest absolute Gasteiger partial charge is 0.342 e. The normalized spacial score (nSPS) is 10.0. The van der Waals surface area contributed by atoms with Crippen molar-refractivity contribution in [3.8, 4) is 0 Å². The number of hydrogen-bond acceptors (Lipinski definition) is 15. The zero-order valence-electron chi connectivity index (χ0n) is 23.5. The van der Waals surface area contributed by atoms with Gasteiger partial charge in [0.15, 0.2) is 0 Å². The highest BCUT2D eigenvalue weighted by atomic mass is 32.1. The number of aromatic amines is 2. The molecule has 0 radical (unpaired) electrons. The number of primary amides is 1. The second kappa shape index (κ2) is 16.8. The third-order valence-corrected chi connectivity index (χ3v) is 7.89. The van der Waals surface area contributed by atoms with Crippen molar-refractivity contribution >= 4 is 83.3 Å². The van der Waals surface area contributed by atoms with Crippen molar-refractivity contribution in [1.82, 2.24) is 19.9 Å². The number of amides is 1. The third kappa shape index (κ3) is 8.58. The lowest BCUT2D eigenvalue weighted by molar-refractivity contribution is 0.0481. The van der Waals surface area contributed by atoms with E-state index < -0.39 is 23.8 Å². The summed E-state index contributed by atoms with van der Waals surface area (Å²) in [5.41, 5.74) is 10.8. The van der Waals surface area contributed by atoms with Gasteiger partial charge in [0.2, 0.25) is 5.91 Å². The maximum absolute atomic E-state index is 11.6. The Morgan fingerprint density at radius 3 is 1.64 bits per heavy atom. The van der Waals surface area contributed by atoms with Crippen molar-refractivity contribution in [2.24, 2.45) is 5.73 Å². The van der Waals surface area contributed by atoms with E-state index >= 15 is 0 Å². The van der Waals surface area contributed by atoms with Crippen LogP contribution in [0.5, 0.6) is 0 Å². The molecule has 0 unspecified atom stereocenters. The molecule has 242 valence electrons. The van der Waals surface area contributed by atoms with Crippen LogP contribution < -0.4 is 22.6 Å². The molecule has 0 aromatic carbocycles. The molecule has 0 fully saturated rings. The Morgan fingerprint density at radius 1 is 0.733 bits per heavy atom. The second-order valence-corrected chi connectivity index (χ2v) is 10.7. The maximum atomic E-state index is 11.6. The number of ether oxygens (including phenoxy) is 3. The Kier molecular flexibility index (Phi) is 13.5. The van der Waals surface area contributed by atoms with Crippen LogP contribution in [0.15, 0.2) is 38.4 Å². The summed E-state index contributed by atoms with van der Waals surface area (Å²) in [5.74, 6) is -2.24. The van der Waals surface area contributed by atoms with Gasteiger partial charge in [0, 0.05) is 17.6 Å². The monoisotopic (exact) mass is 681 g/mol. The summed E-state index contributed by atoms with van der Waals surface area (Å²) in [6.07, 6.45) is 2.61. The Bertz CT molecular complexity index is 1930. The van der Waals surface area contributed by atoms with Gasteiger partial charge in [-0.05, 0) is 20.8 Å². The van der Waals surface area contributed by atoms with Gasteiger partial charge in [-0.25, -0.2) is 24.4 Å². The van der Waals surface area contributed by atoms with Crippen LogP contribution >= 0.6 is 34.0 Å². The van der Waals surface area contributed by atoms with Crippen LogP contribution in [0, 0.1) is 0 Å². The minimum atomic E-state index is -0.607. The topological polar surface area (TPSA) is 240 Å². The Balaban J connectivity index is 0.000000339. The average molecular weight is 682 g/mol. The molecular weight excluding hydrogens is 649 g/mol. The number of nitrogen functional groups attached to an aromatic ring is 1. The van der Waals surface area contributed by atoms with E-state index in [1.807, 2.05) is 0 Å². The summed E-state index contributed by atoms with van der Waals surface area (Å²) in [6, 6.07) is 0. The van der Waals surface area contributed by atoms with Crippen LogP contribution in [-0.2, 0) is 14.2 Å². The second-order valence-electron chi connectivity index (χ2n) is 8.04. The molecule has 0 saturated carbocycles. The predicted octanol–water partition coefficient (Wildman–Crippen LogP) is 3.81. The molecule has 18 heteroatoms. The van der Waals surface area contributed by atoms with Gasteiger partial charge in [0.1, 0.15) is 20.2 Å². The number of thiophene rings is 3. The summed E-state index contributed by atoms with van der Waals surface area (Å²) >= 11 is 3.59. The average Bonchev–Trinajstić information content (AvgIpc) is 3.72. The number of rotatable bonds is 7. The highest BCUT2D eigenvalue weighted by Crippen LogP contribution is 2.27. The Hall–Kier alpha value is -4.94. The summed E-state index contributed by atoms with van der Waals surface area (Å²) in [6.45, 7) is 5.86. The summed E-state index contributed by atoms with van der Waals surface area (Å²) in [5, 5.41) is 5.47. The molecule has 5 aromatic heterocycles. The molecule has 0 bridgehead atoms. The maximum Gasteiger partial charge on any atom is 0.342 e. The Labute approximate surface area is 268 Å². The third-order valence-electron chi connectivity index (χ3n) is 5.31. The van der Waals surface area contributed by atoms with Gasteiger partial charge in [-0.2, -0.15) is 0 Å². The molecule has 0 aliphatic carbocycles. The first kappa shape index (κ1) is 36.3. The minimum absolute atomic E-state index is 0. The number of nitrogens with one attached hydrogen (secondary N) is 2. The van der Waals surface area contributed by atoms with E-state index in [9.17, 15) is 28.8 Å². The molecule has 5 rings (SSSR count). The molecule has 5 aromatic rings. The number of anilines is 1. The van der Waals surface area contributed by atoms with Crippen molar-refractivity contribution in [2.75, 3.05) is 25.6 Å². The summed E-state index contributed by atoms with van der Waals surface area (Å²) in [7, 11) is 0. The number of H-pyrrole nitrogens is 2. The molecule has 0 spiro atoms. The van der Waals surface area contributed by atoms with Crippen LogP contribution in [0.4, 0.5) is 5.00 Å². The first-order valence-electron chi connectivity index (χ1n) is 12.6. The van der Waals surface area contributed by atoms with Crippen LogP contribution in [0.3, 0.4) is 0 Å². The van der Waals surface area contributed by atoms with Crippen LogP contribution in [0.1, 0.15) is 71.1 Å². The molecule has 0 atom stereocenters. The van der Waals surface area contributed by atoms with Crippen molar-refractivity contribution < 1.29 is 34.8 Å². The van der Waals surface area contributed by atoms with E-state index in [4.69, 9.17) is 25.7 Å². The fraction of sp³-hybridized carbons (Fsp3) is 0.259. The van der Waals surface area contributed by atoms with Crippen molar-refractivity contribution in [3.05, 3.63) is 71.8 Å². The van der Waals surface area contributed by atoms with Crippen LogP contribution in [-0.4, -0.2) is 63.6 Å².